The maximum atomic E-state index is 5.36. The lowest BCUT2D eigenvalue weighted by Crippen LogP contribution is -2.41. The quantitative estimate of drug-likeness (QED) is 0.806. The zero-order valence-corrected chi connectivity index (χ0v) is 11.7. The van der Waals surface area contributed by atoms with Gasteiger partial charge in [-0.2, -0.15) is 0 Å². The Kier molecular flexibility index (Phi) is 5.26. The number of rotatable bonds is 7. The van der Waals surface area contributed by atoms with Crippen molar-refractivity contribution in [2.75, 3.05) is 19.6 Å². The summed E-state index contributed by atoms with van der Waals surface area (Å²) in [6.07, 6.45) is 6.65. The minimum absolute atomic E-state index is 0.564. The van der Waals surface area contributed by atoms with Gasteiger partial charge in [-0.3, -0.25) is 4.90 Å². The van der Waals surface area contributed by atoms with Crippen LogP contribution in [0.25, 0.3) is 0 Å². The van der Waals surface area contributed by atoms with Crippen LogP contribution >= 0.6 is 0 Å². The highest BCUT2D eigenvalue weighted by Gasteiger charge is 2.22. The van der Waals surface area contributed by atoms with Crippen LogP contribution in [-0.4, -0.2) is 36.6 Å². The van der Waals surface area contributed by atoms with Gasteiger partial charge in [0.2, 0.25) is 0 Å². The molecule has 102 valence electrons. The van der Waals surface area contributed by atoms with E-state index < -0.39 is 0 Å². The van der Waals surface area contributed by atoms with Gasteiger partial charge in [-0.15, -0.1) is 0 Å². The molecule has 3 heteroatoms. The molecular formula is C15H26N2O. The van der Waals surface area contributed by atoms with E-state index in [1.165, 1.54) is 25.9 Å². The van der Waals surface area contributed by atoms with Crippen LogP contribution in [0.15, 0.2) is 22.8 Å². The molecule has 2 rings (SSSR count). The van der Waals surface area contributed by atoms with Crippen LogP contribution in [0, 0.1) is 0 Å². The number of likely N-dealkylation sites (tertiary alicyclic amines) is 1. The maximum absolute atomic E-state index is 5.36. The number of nitrogens with one attached hydrogen (secondary N) is 1. The molecule has 0 bridgehead atoms. The molecule has 2 unspecified atom stereocenters. The van der Waals surface area contributed by atoms with E-state index in [9.17, 15) is 0 Å². The van der Waals surface area contributed by atoms with Crippen LogP contribution < -0.4 is 5.32 Å². The summed E-state index contributed by atoms with van der Waals surface area (Å²) in [6, 6.07) is 5.34. The summed E-state index contributed by atoms with van der Waals surface area (Å²) in [4.78, 5) is 2.59. The van der Waals surface area contributed by atoms with Gasteiger partial charge in [0.1, 0.15) is 5.76 Å². The minimum atomic E-state index is 0.564. The second-order valence-electron chi connectivity index (χ2n) is 5.35. The van der Waals surface area contributed by atoms with E-state index in [-0.39, 0.29) is 0 Å². The van der Waals surface area contributed by atoms with Crippen LogP contribution in [0.5, 0.6) is 0 Å². The number of furan rings is 1. The van der Waals surface area contributed by atoms with Crippen molar-refractivity contribution in [2.24, 2.45) is 0 Å². The molecule has 0 amide bonds. The van der Waals surface area contributed by atoms with Crippen LogP contribution in [0.4, 0.5) is 0 Å². The summed E-state index contributed by atoms with van der Waals surface area (Å²) >= 11 is 0. The van der Waals surface area contributed by atoms with Gasteiger partial charge in [0.05, 0.1) is 6.26 Å². The molecule has 1 aliphatic rings. The van der Waals surface area contributed by atoms with Gasteiger partial charge in [0.25, 0.3) is 0 Å². The van der Waals surface area contributed by atoms with E-state index in [4.69, 9.17) is 4.42 Å². The Labute approximate surface area is 111 Å². The molecule has 2 atom stereocenters. The van der Waals surface area contributed by atoms with Crippen molar-refractivity contribution < 1.29 is 4.42 Å². The number of likely N-dealkylation sites (N-methyl/N-ethyl adjacent to an activating group) is 1. The molecule has 0 aromatic carbocycles. The minimum Gasteiger partial charge on any atom is -0.469 e. The van der Waals surface area contributed by atoms with Crippen molar-refractivity contribution in [3.63, 3.8) is 0 Å². The Hall–Kier alpha value is -0.800. The molecule has 0 radical (unpaired) electrons. The Bertz CT molecular complexity index is 323. The first-order chi connectivity index (χ1) is 8.79. The molecule has 1 aliphatic heterocycles. The van der Waals surface area contributed by atoms with Gasteiger partial charge in [-0.25, -0.2) is 0 Å². The number of nitrogens with zero attached hydrogens (tertiary/aromatic N) is 1. The smallest absolute Gasteiger partial charge is 0.103 e. The Balaban J connectivity index is 1.63. The Morgan fingerprint density at radius 1 is 1.56 bits per heavy atom. The monoisotopic (exact) mass is 250 g/mol. The van der Waals surface area contributed by atoms with Gasteiger partial charge >= 0.3 is 0 Å². The highest BCUT2D eigenvalue weighted by molar-refractivity contribution is 4.98. The van der Waals surface area contributed by atoms with Crippen molar-refractivity contribution in [2.45, 2.75) is 51.6 Å². The first kappa shape index (κ1) is 13.6. The second kappa shape index (κ2) is 6.95. The van der Waals surface area contributed by atoms with Gasteiger partial charge in [-0.1, -0.05) is 6.92 Å². The molecule has 0 saturated carbocycles. The first-order valence-electron chi connectivity index (χ1n) is 7.29. The predicted octanol–water partition coefficient (Wildman–Crippen LogP) is 2.67. The number of aryl methyl sites for hydroxylation is 1. The number of hydrogen-bond donors (Lipinski definition) is 1. The normalized spacial score (nSPS) is 22.4. The van der Waals surface area contributed by atoms with Gasteiger partial charge in [0, 0.05) is 25.0 Å². The molecule has 0 spiro atoms. The van der Waals surface area contributed by atoms with Crippen molar-refractivity contribution in [3.8, 4) is 0 Å². The lowest BCUT2D eigenvalue weighted by Gasteiger charge is -2.24. The molecule has 1 aromatic heterocycles. The fourth-order valence-corrected chi connectivity index (χ4v) is 2.80. The van der Waals surface area contributed by atoms with Crippen molar-refractivity contribution >= 4 is 0 Å². The molecule has 1 saturated heterocycles. The van der Waals surface area contributed by atoms with Gasteiger partial charge in [-0.05, 0) is 51.4 Å². The highest BCUT2D eigenvalue weighted by atomic mass is 16.3. The van der Waals surface area contributed by atoms with E-state index in [1.54, 1.807) is 6.26 Å². The molecule has 2 heterocycles. The fourth-order valence-electron chi connectivity index (χ4n) is 2.80. The average molecular weight is 250 g/mol. The maximum Gasteiger partial charge on any atom is 0.103 e. The van der Waals surface area contributed by atoms with Crippen LogP contribution in [0.1, 0.15) is 38.9 Å². The lowest BCUT2D eigenvalue weighted by molar-refractivity contribution is 0.253. The molecular weight excluding hydrogens is 224 g/mol. The average Bonchev–Trinajstić information content (AvgIpc) is 3.04. The van der Waals surface area contributed by atoms with E-state index >= 15 is 0 Å². The largest absolute Gasteiger partial charge is 0.469 e. The SMILES string of the molecule is CCN1CCCC1CNC(C)CCc1ccco1. The lowest BCUT2D eigenvalue weighted by atomic mass is 10.1. The third-order valence-corrected chi connectivity index (χ3v) is 4.01. The standard InChI is InChI=1S/C15H26N2O/c1-3-17-10-4-6-14(17)12-16-13(2)8-9-15-7-5-11-18-15/h5,7,11,13-14,16H,3-4,6,8-10,12H2,1-2H3. The van der Waals surface area contributed by atoms with Gasteiger partial charge in [0.15, 0.2) is 0 Å². The predicted molar refractivity (Wildman–Crippen MR) is 74.8 cm³/mol. The molecule has 1 fully saturated rings. The van der Waals surface area contributed by atoms with Crippen LogP contribution in [0.2, 0.25) is 0 Å². The summed E-state index contributed by atoms with van der Waals surface area (Å²) in [5.74, 6) is 1.10. The van der Waals surface area contributed by atoms with Crippen molar-refractivity contribution in [3.05, 3.63) is 24.2 Å². The summed E-state index contributed by atoms with van der Waals surface area (Å²) in [6.45, 7) is 8.14. The fraction of sp³-hybridized carbons (Fsp3) is 0.733. The first-order valence-corrected chi connectivity index (χ1v) is 7.29. The van der Waals surface area contributed by atoms with E-state index in [1.807, 2.05) is 6.07 Å². The molecule has 0 aliphatic carbocycles. The third kappa shape index (κ3) is 3.85. The zero-order valence-electron chi connectivity index (χ0n) is 11.7. The summed E-state index contributed by atoms with van der Waals surface area (Å²) < 4.78 is 5.36. The van der Waals surface area contributed by atoms with E-state index in [2.05, 4.69) is 30.1 Å². The summed E-state index contributed by atoms with van der Waals surface area (Å²) in [7, 11) is 0. The number of hydrogen-bond acceptors (Lipinski definition) is 3. The molecule has 3 nitrogen and oxygen atoms in total. The molecule has 18 heavy (non-hydrogen) atoms. The second-order valence-corrected chi connectivity index (χ2v) is 5.35. The van der Waals surface area contributed by atoms with Gasteiger partial charge < -0.3 is 9.73 Å². The highest BCUT2D eigenvalue weighted by Crippen LogP contribution is 2.16. The van der Waals surface area contributed by atoms with Crippen LogP contribution in [-0.2, 0) is 6.42 Å². The molecule has 1 N–H and O–H groups in total. The topological polar surface area (TPSA) is 28.4 Å². The molecule has 1 aromatic rings. The van der Waals surface area contributed by atoms with Crippen LogP contribution in [0.3, 0.4) is 0 Å². The van der Waals surface area contributed by atoms with E-state index in [0.29, 0.717) is 6.04 Å². The summed E-state index contributed by atoms with van der Waals surface area (Å²) in [5, 5.41) is 3.67. The third-order valence-electron chi connectivity index (χ3n) is 4.01. The van der Waals surface area contributed by atoms with E-state index in [0.717, 1.165) is 31.2 Å². The van der Waals surface area contributed by atoms with Crippen molar-refractivity contribution in [1.82, 2.24) is 10.2 Å². The Morgan fingerprint density at radius 3 is 3.17 bits per heavy atom. The summed E-state index contributed by atoms with van der Waals surface area (Å²) in [5.41, 5.74) is 0. The Morgan fingerprint density at radius 2 is 2.44 bits per heavy atom. The van der Waals surface area contributed by atoms with Crippen molar-refractivity contribution in [1.29, 1.82) is 0 Å². The zero-order chi connectivity index (χ0) is 12.8.